The molecule has 0 heterocycles. The summed E-state index contributed by atoms with van der Waals surface area (Å²) in [6.07, 6.45) is -3.39. The van der Waals surface area contributed by atoms with Gasteiger partial charge in [-0.15, -0.1) is 0 Å². The Kier molecular flexibility index (Phi) is 4.70. The van der Waals surface area contributed by atoms with Crippen LogP contribution < -0.4 is 10.5 Å². The Labute approximate surface area is 117 Å². The smallest absolute Gasteiger partial charge is 0.416 e. The van der Waals surface area contributed by atoms with Crippen molar-refractivity contribution in [3.8, 4) is 5.75 Å². The van der Waals surface area contributed by atoms with E-state index in [1.165, 1.54) is 13.0 Å². The van der Waals surface area contributed by atoms with Crippen LogP contribution in [-0.2, 0) is 6.18 Å². The van der Waals surface area contributed by atoms with Crippen molar-refractivity contribution in [1.29, 1.82) is 5.41 Å². The van der Waals surface area contributed by atoms with Gasteiger partial charge in [-0.25, -0.2) is 0 Å². The molecule has 3 N–H and O–H groups in total. The Bertz CT molecular complexity index is 514. The molecule has 0 saturated heterocycles. The molecule has 0 aliphatic rings. The third-order valence-corrected chi connectivity index (χ3v) is 2.46. The summed E-state index contributed by atoms with van der Waals surface area (Å²) < 4.78 is 42.4. The van der Waals surface area contributed by atoms with Crippen molar-refractivity contribution in [2.45, 2.75) is 13.1 Å². The summed E-state index contributed by atoms with van der Waals surface area (Å²) in [5.74, 6) is -0.609. The highest BCUT2D eigenvalue weighted by molar-refractivity contribution is 6.37. The van der Waals surface area contributed by atoms with Crippen LogP contribution in [-0.4, -0.2) is 5.90 Å². The van der Waals surface area contributed by atoms with Crippen molar-refractivity contribution in [2.24, 2.45) is 5.73 Å². The van der Waals surface area contributed by atoms with E-state index in [0.29, 0.717) is 17.8 Å². The van der Waals surface area contributed by atoms with Crippen LogP contribution in [0.4, 0.5) is 13.2 Å². The molecule has 0 aliphatic heterocycles. The molecule has 0 aromatic heterocycles. The van der Waals surface area contributed by atoms with Crippen molar-refractivity contribution < 1.29 is 17.9 Å². The van der Waals surface area contributed by atoms with Gasteiger partial charge < -0.3 is 10.5 Å². The number of nitrogens with two attached hydrogens (primary N) is 1. The minimum absolute atomic E-state index is 0.223. The van der Waals surface area contributed by atoms with Gasteiger partial charge in [0.05, 0.1) is 15.6 Å². The van der Waals surface area contributed by atoms with E-state index in [0.717, 1.165) is 0 Å². The molecule has 1 rings (SSSR count). The number of ether oxygens (including phenoxy) is 1. The molecule has 1 aromatic rings. The van der Waals surface area contributed by atoms with E-state index in [1.54, 1.807) is 0 Å². The Morgan fingerprint density at radius 1 is 1.32 bits per heavy atom. The highest BCUT2D eigenvalue weighted by atomic mass is 35.5. The van der Waals surface area contributed by atoms with Crippen LogP contribution in [0.1, 0.15) is 12.5 Å². The molecule has 8 heteroatoms. The lowest BCUT2D eigenvalue weighted by atomic mass is 10.2. The van der Waals surface area contributed by atoms with Crippen molar-refractivity contribution >= 4 is 29.1 Å². The van der Waals surface area contributed by atoms with E-state index >= 15 is 0 Å². The third-order valence-electron chi connectivity index (χ3n) is 1.90. The van der Waals surface area contributed by atoms with Gasteiger partial charge in [-0.3, -0.25) is 5.41 Å². The van der Waals surface area contributed by atoms with E-state index in [1.807, 2.05) is 0 Å². The standard InChI is InChI=1S/C11H9Cl2F3N2O/c1-5(17)2-9(18)19-10-7(12)3-6(4-8(10)13)11(14,15)16/h2-4,18H,17H2,1H3/b5-2-,18-9?. The summed E-state index contributed by atoms with van der Waals surface area (Å²) in [7, 11) is 0. The minimum Gasteiger partial charge on any atom is -0.436 e. The summed E-state index contributed by atoms with van der Waals surface area (Å²) in [6.45, 7) is 1.52. The van der Waals surface area contributed by atoms with Crippen LogP contribution in [0.5, 0.6) is 5.75 Å². The largest absolute Gasteiger partial charge is 0.436 e. The first-order chi connectivity index (χ1) is 8.61. The fraction of sp³-hybridized carbons (Fsp3) is 0.182. The minimum atomic E-state index is -4.56. The number of alkyl halides is 3. The molecular formula is C11H9Cl2F3N2O. The van der Waals surface area contributed by atoms with Crippen molar-refractivity contribution in [1.82, 2.24) is 0 Å². The van der Waals surface area contributed by atoms with Crippen LogP contribution in [0.2, 0.25) is 10.0 Å². The van der Waals surface area contributed by atoms with Crippen LogP contribution in [0, 0.1) is 5.41 Å². The maximum absolute atomic E-state index is 12.5. The van der Waals surface area contributed by atoms with Gasteiger partial charge in [-0.2, -0.15) is 13.2 Å². The number of hydrogen-bond acceptors (Lipinski definition) is 3. The zero-order valence-electron chi connectivity index (χ0n) is 9.61. The van der Waals surface area contributed by atoms with Crippen molar-refractivity contribution in [3.63, 3.8) is 0 Å². The van der Waals surface area contributed by atoms with E-state index < -0.39 is 11.7 Å². The molecule has 19 heavy (non-hydrogen) atoms. The number of allylic oxidation sites excluding steroid dienone is 1. The topological polar surface area (TPSA) is 59.1 Å². The molecule has 1 aromatic carbocycles. The molecule has 0 amide bonds. The van der Waals surface area contributed by atoms with Gasteiger partial charge in [0.15, 0.2) is 5.75 Å². The lowest BCUT2D eigenvalue weighted by Gasteiger charge is -2.12. The predicted octanol–water partition coefficient (Wildman–Crippen LogP) is 4.23. The van der Waals surface area contributed by atoms with Crippen LogP contribution >= 0.6 is 23.2 Å². The maximum Gasteiger partial charge on any atom is 0.416 e. The first-order valence-corrected chi connectivity index (χ1v) is 5.63. The number of hydrogen-bond donors (Lipinski definition) is 2. The van der Waals surface area contributed by atoms with E-state index in [-0.39, 0.29) is 21.7 Å². The van der Waals surface area contributed by atoms with Gasteiger partial charge in [0.2, 0.25) is 5.90 Å². The predicted molar refractivity (Wildman–Crippen MR) is 67.8 cm³/mol. The van der Waals surface area contributed by atoms with Crippen LogP contribution in [0.15, 0.2) is 23.9 Å². The van der Waals surface area contributed by atoms with Crippen LogP contribution in [0.25, 0.3) is 0 Å². The van der Waals surface area contributed by atoms with Gasteiger partial charge in [0.25, 0.3) is 0 Å². The van der Waals surface area contributed by atoms with Crippen molar-refractivity contribution in [3.05, 3.63) is 39.5 Å². The van der Waals surface area contributed by atoms with Gasteiger partial charge in [0, 0.05) is 11.8 Å². The molecular weight excluding hydrogens is 304 g/mol. The highest BCUT2D eigenvalue weighted by Crippen LogP contribution is 2.39. The molecule has 0 unspecified atom stereocenters. The van der Waals surface area contributed by atoms with Crippen LogP contribution in [0.3, 0.4) is 0 Å². The van der Waals surface area contributed by atoms with E-state index in [2.05, 4.69) is 0 Å². The molecule has 0 radical (unpaired) electrons. The van der Waals surface area contributed by atoms with Gasteiger partial charge in [0.1, 0.15) is 0 Å². The number of benzene rings is 1. The Morgan fingerprint density at radius 3 is 2.16 bits per heavy atom. The van der Waals surface area contributed by atoms with E-state index in [4.69, 9.17) is 39.1 Å². The Morgan fingerprint density at radius 2 is 1.79 bits per heavy atom. The molecule has 0 aliphatic carbocycles. The number of nitrogens with one attached hydrogen (secondary N) is 1. The van der Waals surface area contributed by atoms with Gasteiger partial charge >= 0.3 is 6.18 Å². The van der Waals surface area contributed by atoms with E-state index in [9.17, 15) is 13.2 Å². The fourth-order valence-corrected chi connectivity index (χ4v) is 1.73. The summed E-state index contributed by atoms with van der Waals surface area (Å²) in [4.78, 5) is 0. The lowest BCUT2D eigenvalue weighted by molar-refractivity contribution is -0.137. The summed E-state index contributed by atoms with van der Waals surface area (Å²) in [5, 5.41) is 6.73. The molecule has 0 atom stereocenters. The Hall–Kier alpha value is -1.40. The SMILES string of the molecule is C/C(N)=C/C(=N)Oc1c(Cl)cc(C(F)(F)F)cc1Cl. The molecule has 0 bridgehead atoms. The highest BCUT2D eigenvalue weighted by Gasteiger charge is 2.32. The normalized spacial score (nSPS) is 12.4. The first-order valence-electron chi connectivity index (χ1n) is 4.87. The lowest BCUT2D eigenvalue weighted by Crippen LogP contribution is -2.09. The van der Waals surface area contributed by atoms with Gasteiger partial charge in [-0.1, -0.05) is 23.2 Å². The first kappa shape index (κ1) is 15.7. The second-order valence-electron chi connectivity index (χ2n) is 3.62. The number of halogens is 5. The van der Waals surface area contributed by atoms with Gasteiger partial charge in [-0.05, 0) is 19.1 Å². The average molecular weight is 313 g/mol. The molecule has 104 valence electrons. The molecule has 0 fully saturated rings. The zero-order chi connectivity index (χ0) is 14.8. The summed E-state index contributed by atoms with van der Waals surface area (Å²) >= 11 is 11.3. The second kappa shape index (κ2) is 5.71. The Balaban J connectivity index is 3.12. The zero-order valence-corrected chi connectivity index (χ0v) is 11.1. The second-order valence-corrected chi connectivity index (χ2v) is 4.44. The average Bonchev–Trinajstić information content (AvgIpc) is 2.20. The quantitative estimate of drug-likeness (QED) is 0.634. The molecule has 0 spiro atoms. The maximum atomic E-state index is 12.5. The summed E-state index contributed by atoms with van der Waals surface area (Å²) in [5.41, 5.74) is 4.63. The molecule has 3 nitrogen and oxygen atoms in total. The summed E-state index contributed by atoms with van der Waals surface area (Å²) in [6, 6.07) is 1.35. The monoisotopic (exact) mass is 312 g/mol. The fourth-order valence-electron chi connectivity index (χ4n) is 1.17. The number of rotatable bonds is 2. The third kappa shape index (κ3) is 4.33. The van der Waals surface area contributed by atoms with Crippen molar-refractivity contribution in [2.75, 3.05) is 0 Å². The molecule has 0 saturated carbocycles.